The molecule has 1 fully saturated rings. The van der Waals surface area contributed by atoms with Gasteiger partial charge in [-0.05, 0) is 43.5 Å². The van der Waals surface area contributed by atoms with E-state index < -0.39 is 10.3 Å². The number of halogens is 1. The molecule has 3 rings (SSSR count). The van der Waals surface area contributed by atoms with Gasteiger partial charge in [0.05, 0.1) is 22.0 Å². The Bertz CT molecular complexity index is 926. The van der Waals surface area contributed by atoms with Crippen LogP contribution in [0.5, 0.6) is 5.75 Å². The van der Waals surface area contributed by atoms with Crippen molar-refractivity contribution in [3.63, 3.8) is 0 Å². The summed E-state index contributed by atoms with van der Waals surface area (Å²) in [6, 6.07) is 11.5. The van der Waals surface area contributed by atoms with Gasteiger partial charge in [0.1, 0.15) is 11.9 Å². The second kappa shape index (κ2) is 10.1. The van der Waals surface area contributed by atoms with Gasteiger partial charge in [-0.3, -0.25) is 14.9 Å². The minimum Gasteiger partial charge on any atom is -0.487 e. The summed E-state index contributed by atoms with van der Waals surface area (Å²) in [4.78, 5) is 24.0. The summed E-state index contributed by atoms with van der Waals surface area (Å²) in [6.07, 6.45) is 4.15. The van der Waals surface area contributed by atoms with Crippen LogP contribution >= 0.6 is 11.6 Å². The first-order valence-electron chi connectivity index (χ1n) is 10.4. The monoisotopic (exact) mass is 446 g/mol. The molecule has 31 heavy (non-hydrogen) atoms. The third-order valence-corrected chi connectivity index (χ3v) is 5.99. The van der Waals surface area contributed by atoms with Gasteiger partial charge in [-0.2, -0.15) is 0 Å². The number of methoxy groups -OCH3 is 1. The summed E-state index contributed by atoms with van der Waals surface area (Å²) in [7, 11) is 1.60. The number of nitro benzene ring substituents is 1. The molecular formula is C23H27ClN2O5. The quantitative estimate of drug-likeness (QED) is 0.427. The molecule has 1 aliphatic carbocycles. The molecule has 1 N–H and O–H groups in total. The number of carbonyl (C=O) groups excluding carboxylic acids is 1. The average molecular weight is 447 g/mol. The number of carbonyl (C=O) groups is 1. The fourth-order valence-electron chi connectivity index (χ4n) is 4.11. The average Bonchev–Trinajstić information content (AvgIpc) is 2.76. The van der Waals surface area contributed by atoms with Crippen LogP contribution in [0, 0.1) is 10.1 Å². The Morgan fingerprint density at radius 1 is 1.19 bits per heavy atom. The van der Waals surface area contributed by atoms with Crippen LogP contribution in [-0.2, 0) is 14.9 Å². The zero-order chi connectivity index (χ0) is 22.4. The second-order valence-corrected chi connectivity index (χ2v) is 8.34. The SMILES string of the molecule is COCC(C)Oc1ccc(NC(=O)C2(c3ccc([N+](=O)[O-])cc3)CCCCC2)cc1Cl. The lowest BCUT2D eigenvalue weighted by molar-refractivity contribution is -0.384. The number of benzene rings is 2. The number of hydrogen-bond acceptors (Lipinski definition) is 5. The topological polar surface area (TPSA) is 90.7 Å². The number of nitrogens with zero attached hydrogens (tertiary/aromatic N) is 1. The lowest BCUT2D eigenvalue weighted by atomic mass is 9.68. The molecule has 166 valence electrons. The highest BCUT2D eigenvalue weighted by Crippen LogP contribution is 2.41. The van der Waals surface area contributed by atoms with Gasteiger partial charge in [-0.25, -0.2) is 0 Å². The van der Waals surface area contributed by atoms with Crippen LogP contribution in [-0.4, -0.2) is 30.7 Å². The fraction of sp³-hybridized carbons (Fsp3) is 0.435. The Balaban J connectivity index is 1.81. The van der Waals surface area contributed by atoms with Crippen LogP contribution in [0.3, 0.4) is 0 Å². The van der Waals surface area contributed by atoms with Crippen LogP contribution in [0.15, 0.2) is 42.5 Å². The van der Waals surface area contributed by atoms with E-state index in [-0.39, 0.29) is 17.7 Å². The van der Waals surface area contributed by atoms with E-state index in [2.05, 4.69) is 5.32 Å². The molecule has 8 heteroatoms. The Kier molecular flexibility index (Phi) is 7.51. The van der Waals surface area contributed by atoms with Gasteiger partial charge in [-0.1, -0.05) is 43.0 Å². The van der Waals surface area contributed by atoms with Gasteiger partial charge in [0, 0.05) is 24.9 Å². The maximum atomic E-state index is 13.4. The summed E-state index contributed by atoms with van der Waals surface area (Å²) in [5.41, 5.74) is 0.672. The third kappa shape index (κ3) is 5.35. The first kappa shape index (κ1) is 23.0. The molecule has 2 aromatic carbocycles. The highest BCUT2D eigenvalue weighted by molar-refractivity contribution is 6.32. The predicted octanol–water partition coefficient (Wildman–Crippen LogP) is 5.50. The predicted molar refractivity (Wildman–Crippen MR) is 120 cm³/mol. The number of amides is 1. The molecule has 1 amide bonds. The minimum atomic E-state index is -0.720. The van der Waals surface area contributed by atoms with Crippen LogP contribution in [0.25, 0.3) is 0 Å². The van der Waals surface area contributed by atoms with E-state index in [0.717, 1.165) is 24.8 Å². The Labute approximate surface area is 186 Å². The molecule has 1 atom stereocenters. The summed E-state index contributed by atoms with van der Waals surface area (Å²) >= 11 is 6.36. The molecule has 0 bridgehead atoms. The Morgan fingerprint density at radius 2 is 1.87 bits per heavy atom. The third-order valence-electron chi connectivity index (χ3n) is 5.69. The summed E-state index contributed by atoms with van der Waals surface area (Å²) in [5, 5.41) is 14.4. The normalized spacial score (nSPS) is 16.4. The van der Waals surface area contributed by atoms with Gasteiger partial charge in [0.15, 0.2) is 0 Å². The van der Waals surface area contributed by atoms with E-state index in [1.807, 2.05) is 6.92 Å². The number of non-ortho nitro benzene ring substituents is 1. The highest BCUT2D eigenvalue weighted by atomic mass is 35.5. The summed E-state index contributed by atoms with van der Waals surface area (Å²) in [5.74, 6) is 0.394. The summed E-state index contributed by atoms with van der Waals surface area (Å²) < 4.78 is 10.8. The van der Waals surface area contributed by atoms with Crippen LogP contribution < -0.4 is 10.1 Å². The van der Waals surface area contributed by atoms with Crippen molar-refractivity contribution in [3.05, 3.63) is 63.2 Å². The molecule has 1 saturated carbocycles. The maximum absolute atomic E-state index is 13.4. The molecule has 0 spiro atoms. The zero-order valence-electron chi connectivity index (χ0n) is 17.7. The first-order valence-corrected chi connectivity index (χ1v) is 10.7. The number of ether oxygens (including phenoxy) is 2. The molecule has 1 aliphatic rings. The van der Waals surface area contributed by atoms with Gasteiger partial charge in [-0.15, -0.1) is 0 Å². The molecule has 0 radical (unpaired) electrons. The van der Waals surface area contributed by atoms with Crippen molar-refractivity contribution in [2.24, 2.45) is 0 Å². The van der Waals surface area contributed by atoms with Crippen LogP contribution in [0.1, 0.15) is 44.6 Å². The van der Waals surface area contributed by atoms with Crippen LogP contribution in [0.2, 0.25) is 5.02 Å². The van der Waals surface area contributed by atoms with E-state index >= 15 is 0 Å². The number of nitro groups is 1. The van der Waals surface area contributed by atoms with E-state index in [9.17, 15) is 14.9 Å². The van der Waals surface area contributed by atoms with E-state index in [4.69, 9.17) is 21.1 Å². The number of anilines is 1. The van der Waals surface area contributed by atoms with E-state index in [1.54, 1.807) is 37.4 Å². The lowest BCUT2D eigenvalue weighted by Gasteiger charge is -2.36. The molecule has 2 aromatic rings. The smallest absolute Gasteiger partial charge is 0.269 e. The number of hydrogen-bond donors (Lipinski definition) is 1. The molecular weight excluding hydrogens is 420 g/mol. The van der Waals surface area contributed by atoms with Crippen molar-refractivity contribution in [2.45, 2.75) is 50.5 Å². The first-order chi connectivity index (χ1) is 14.9. The second-order valence-electron chi connectivity index (χ2n) is 7.93. The van der Waals surface area contributed by atoms with Gasteiger partial charge in [0.25, 0.3) is 5.69 Å². The number of nitrogens with one attached hydrogen (secondary N) is 1. The van der Waals surface area contributed by atoms with E-state index in [1.165, 1.54) is 12.1 Å². The van der Waals surface area contributed by atoms with Gasteiger partial charge >= 0.3 is 0 Å². The maximum Gasteiger partial charge on any atom is 0.269 e. The lowest BCUT2D eigenvalue weighted by Crippen LogP contribution is -2.42. The Morgan fingerprint density at radius 3 is 2.45 bits per heavy atom. The summed E-state index contributed by atoms with van der Waals surface area (Å²) in [6.45, 7) is 2.32. The van der Waals surface area contributed by atoms with Crippen LogP contribution in [0.4, 0.5) is 11.4 Å². The largest absolute Gasteiger partial charge is 0.487 e. The highest BCUT2D eigenvalue weighted by Gasteiger charge is 2.41. The zero-order valence-corrected chi connectivity index (χ0v) is 18.5. The van der Waals surface area contributed by atoms with Gasteiger partial charge in [0.2, 0.25) is 5.91 Å². The molecule has 0 heterocycles. The van der Waals surface area contributed by atoms with Gasteiger partial charge < -0.3 is 14.8 Å². The Hall–Kier alpha value is -2.64. The van der Waals surface area contributed by atoms with Crippen molar-refractivity contribution in [3.8, 4) is 5.75 Å². The standard InChI is InChI=1S/C23H27ClN2O5/c1-16(15-30-2)31-21-11-8-18(14-20(21)24)25-22(27)23(12-4-3-5-13-23)17-6-9-19(10-7-17)26(28)29/h6-11,14,16H,3-5,12-13,15H2,1-2H3,(H,25,27). The molecule has 7 nitrogen and oxygen atoms in total. The molecule has 0 aliphatic heterocycles. The van der Waals surface area contributed by atoms with Crippen molar-refractivity contribution in [2.75, 3.05) is 19.0 Å². The molecule has 0 aromatic heterocycles. The minimum absolute atomic E-state index is 0.0141. The number of rotatable bonds is 8. The molecule has 0 saturated heterocycles. The van der Waals surface area contributed by atoms with Crippen molar-refractivity contribution in [1.82, 2.24) is 0 Å². The van der Waals surface area contributed by atoms with Crippen molar-refractivity contribution < 1.29 is 19.2 Å². The molecule has 1 unspecified atom stereocenters. The van der Waals surface area contributed by atoms with E-state index in [0.29, 0.717) is 35.9 Å². The van der Waals surface area contributed by atoms with Crippen molar-refractivity contribution >= 4 is 28.9 Å². The fourth-order valence-corrected chi connectivity index (χ4v) is 4.34. The van der Waals surface area contributed by atoms with Crippen molar-refractivity contribution in [1.29, 1.82) is 0 Å².